The molecule has 0 spiro atoms. The second-order valence-electron chi connectivity index (χ2n) is 7.87. The first kappa shape index (κ1) is 18.2. The Bertz CT molecular complexity index is 324. The van der Waals surface area contributed by atoms with E-state index in [2.05, 4.69) is 44.7 Å². The Morgan fingerprint density at radius 2 is 1.73 bits per heavy atom. The van der Waals surface area contributed by atoms with Crippen LogP contribution in [0.2, 0.25) is 0 Å². The summed E-state index contributed by atoms with van der Waals surface area (Å²) in [5.74, 6) is 1.43. The zero-order chi connectivity index (χ0) is 16.1. The molecule has 2 rings (SSSR count). The Balaban J connectivity index is 1.64. The summed E-state index contributed by atoms with van der Waals surface area (Å²) >= 11 is 0. The van der Waals surface area contributed by atoms with E-state index in [9.17, 15) is 0 Å². The van der Waals surface area contributed by atoms with Crippen molar-refractivity contribution < 1.29 is 9.47 Å². The summed E-state index contributed by atoms with van der Waals surface area (Å²) < 4.78 is 11.9. The molecule has 2 saturated heterocycles. The van der Waals surface area contributed by atoms with Crippen molar-refractivity contribution in [2.75, 3.05) is 46.9 Å². The predicted molar refractivity (Wildman–Crippen MR) is 91.2 cm³/mol. The van der Waals surface area contributed by atoms with Crippen LogP contribution in [0.15, 0.2) is 0 Å². The molecule has 0 N–H and O–H groups in total. The van der Waals surface area contributed by atoms with Gasteiger partial charge in [-0.1, -0.05) is 0 Å². The number of hydrogen-bond acceptors (Lipinski definition) is 4. The van der Waals surface area contributed by atoms with E-state index in [0.717, 1.165) is 32.1 Å². The highest BCUT2D eigenvalue weighted by atomic mass is 16.5. The van der Waals surface area contributed by atoms with Gasteiger partial charge in [0.15, 0.2) is 0 Å². The van der Waals surface area contributed by atoms with E-state index in [1.165, 1.54) is 25.9 Å². The van der Waals surface area contributed by atoms with Crippen molar-refractivity contribution in [3.8, 4) is 0 Å². The van der Waals surface area contributed by atoms with E-state index in [1.807, 2.05) is 0 Å². The maximum absolute atomic E-state index is 6.13. The maximum atomic E-state index is 6.13. The summed E-state index contributed by atoms with van der Waals surface area (Å²) in [6, 6.07) is 0.655. The third-order valence-electron chi connectivity index (χ3n) is 5.15. The minimum atomic E-state index is 0.344. The molecule has 0 bridgehead atoms. The number of rotatable bonds is 8. The van der Waals surface area contributed by atoms with E-state index in [1.54, 1.807) is 0 Å². The largest absolute Gasteiger partial charge is 0.378 e. The molecule has 22 heavy (non-hydrogen) atoms. The summed E-state index contributed by atoms with van der Waals surface area (Å²) in [4.78, 5) is 4.90. The molecule has 0 amide bonds. The first-order valence-electron chi connectivity index (χ1n) is 9.06. The molecule has 2 heterocycles. The second-order valence-corrected chi connectivity index (χ2v) is 7.87. The van der Waals surface area contributed by atoms with Crippen molar-refractivity contribution in [2.45, 2.75) is 58.3 Å². The normalized spacial score (nSPS) is 32.2. The summed E-state index contributed by atoms with van der Waals surface area (Å²) in [6.07, 6.45) is 4.40. The van der Waals surface area contributed by atoms with Crippen LogP contribution in [-0.4, -0.2) is 75.0 Å². The van der Waals surface area contributed by atoms with Crippen LogP contribution in [0.5, 0.6) is 0 Å². The van der Waals surface area contributed by atoms with Crippen molar-refractivity contribution in [3.63, 3.8) is 0 Å². The quantitative estimate of drug-likeness (QED) is 0.687. The molecule has 4 heteroatoms. The van der Waals surface area contributed by atoms with Gasteiger partial charge in [-0.15, -0.1) is 0 Å². The zero-order valence-corrected chi connectivity index (χ0v) is 15.3. The number of nitrogens with zero attached hydrogens (tertiary/aromatic N) is 2. The second kappa shape index (κ2) is 8.62. The minimum absolute atomic E-state index is 0.344. The van der Waals surface area contributed by atoms with Crippen LogP contribution >= 0.6 is 0 Å². The molecule has 0 saturated carbocycles. The fraction of sp³-hybridized carbons (Fsp3) is 1.00. The van der Waals surface area contributed by atoms with Gasteiger partial charge in [0.05, 0.1) is 25.4 Å². The van der Waals surface area contributed by atoms with E-state index < -0.39 is 0 Å². The molecule has 0 aromatic rings. The van der Waals surface area contributed by atoms with Gasteiger partial charge in [0.1, 0.15) is 0 Å². The van der Waals surface area contributed by atoms with Crippen LogP contribution in [0, 0.1) is 11.8 Å². The monoisotopic (exact) mass is 312 g/mol. The molecule has 4 nitrogen and oxygen atoms in total. The van der Waals surface area contributed by atoms with Crippen LogP contribution in [0.4, 0.5) is 0 Å². The fourth-order valence-corrected chi connectivity index (χ4v) is 3.83. The maximum Gasteiger partial charge on any atom is 0.0562 e. The lowest BCUT2D eigenvalue weighted by molar-refractivity contribution is 0.0248. The highest BCUT2D eigenvalue weighted by Crippen LogP contribution is 2.26. The molecular weight excluding hydrogens is 276 g/mol. The third kappa shape index (κ3) is 5.80. The zero-order valence-electron chi connectivity index (χ0n) is 15.3. The van der Waals surface area contributed by atoms with E-state index in [-0.39, 0.29) is 0 Å². The highest BCUT2D eigenvalue weighted by molar-refractivity contribution is 4.84. The van der Waals surface area contributed by atoms with Gasteiger partial charge in [-0.05, 0) is 72.5 Å². The number of ether oxygens (including phenoxy) is 2. The van der Waals surface area contributed by atoms with Crippen LogP contribution < -0.4 is 0 Å². The molecule has 0 radical (unpaired) electrons. The minimum Gasteiger partial charge on any atom is -0.378 e. The Kier molecular flexibility index (Phi) is 7.13. The van der Waals surface area contributed by atoms with Crippen molar-refractivity contribution in [2.24, 2.45) is 11.8 Å². The molecule has 0 aromatic heterocycles. The fourth-order valence-electron chi connectivity index (χ4n) is 3.83. The molecule has 2 fully saturated rings. The van der Waals surface area contributed by atoms with Gasteiger partial charge < -0.3 is 19.3 Å². The lowest BCUT2D eigenvalue weighted by Gasteiger charge is -2.24. The lowest BCUT2D eigenvalue weighted by atomic mass is 10.0. The average molecular weight is 312 g/mol. The van der Waals surface area contributed by atoms with Gasteiger partial charge in [0.25, 0.3) is 0 Å². The van der Waals surface area contributed by atoms with E-state index >= 15 is 0 Å². The topological polar surface area (TPSA) is 24.9 Å². The summed E-state index contributed by atoms with van der Waals surface area (Å²) in [6.45, 7) is 11.9. The van der Waals surface area contributed by atoms with Crippen molar-refractivity contribution in [1.29, 1.82) is 0 Å². The van der Waals surface area contributed by atoms with Gasteiger partial charge in [0.2, 0.25) is 0 Å². The SMILES string of the molecule is CC(C)OC[C@@H]1CC(CC(C)OC[C@H]2CCN(C)C2)N(C)C1. The van der Waals surface area contributed by atoms with Crippen LogP contribution in [0.25, 0.3) is 0 Å². The number of hydrogen-bond donors (Lipinski definition) is 0. The van der Waals surface area contributed by atoms with Gasteiger partial charge in [-0.25, -0.2) is 0 Å². The van der Waals surface area contributed by atoms with Gasteiger partial charge in [-0.3, -0.25) is 0 Å². The average Bonchev–Trinajstić information content (AvgIpc) is 3.01. The summed E-state index contributed by atoms with van der Waals surface area (Å²) in [7, 11) is 4.45. The first-order valence-corrected chi connectivity index (χ1v) is 9.06. The van der Waals surface area contributed by atoms with E-state index in [4.69, 9.17) is 9.47 Å². The van der Waals surface area contributed by atoms with Crippen LogP contribution in [0.3, 0.4) is 0 Å². The standard InChI is InChI=1S/C18H36N2O2/c1-14(2)21-13-17-9-18(20(5)11-17)8-15(3)22-12-16-6-7-19(4)10-16/h14-18H,6-13H2,1-5H3/t15?,16-,17+,18?/m0/s1. The number of likely N-dealkylation sites (tertiary alicyclic amines) is 2. The molecule has 2 aliphatic rings. The lowest BCUT2D eigenvalue weighted by Crippen LogP contribution is -2.30. The van der Waals surface area contributed by atoms with Crippen molar-refractivity contribution in [3.05, 3.63) is 0 Å². The van der Waals surface area contributed by atoms with Gasteiger partial charge in [0, 0.05) is 19.1 Å². The molecule has 0 aromatic carbocycles. The molecule has 0 aliphatic carbocycles. The van der Waals surface area contributed by atoms with Crippen molar-refractivity contribution >= 4 is 0 Å². The Morgan fingerprint density at radius 1 is 1.00 bits per heavy atom. The molecular formula is C18H36N2O2. The molecule has 2 unspecified atom stereocenters. The van der Waals surface area contributed by atoms with Crippen LogP contribution in [0.1, 0.15) is 40.0 Å². The Morgan fingerprint density at radius 3 is 2.36 bits per heavy atom. The highest BCUT2D eigenvalue weighted by Gasteiger charge is 2.31. The molecule has 130 valence electrons. The van der Waals surface area contributed by atoms with E-state index in [0.29, 0.717) is 24.2 Å². The Labute approximate surface area is 137 Å². The predicted octanol–water partition coefficient (Wildman–Crippen LogP) is 2.48. The molecule has 2 aliphatic heterocycles. The Hall–Kier alpha value is -0.160. The van der Waals surface area contributed by atoms with Gasteiger partial charge in [-0.2, -0.15) is 0 Å². The molecule has 4 atom stereocenters. The summed E-state index contributed by atoms with van der Waals surface area (Å²) in [5.41, 5.74) is 0. The van der Waals surface area contributed by atoms with Gasteiger partial charge >= 0.3 is 0 Å². The third-order valence-corrected chi connectivity index (χ3v) is 5.15. The van der Waals surface area contributed by atoms with Crippen molar-refractivity contribution in [1.82, 2.24) is 9.80 Å². The van der Waals surface area contributed by atoms with Crippen LogP contribution in [-0.2, 0) is 9.47 Å². The smallest absolute Gasteiger partial charge is 0.0562 e. The summed E-state index contributed by atoms with van der Waals surface area (Å²) in [5, 5.41) is 0. The first-order chi connectivity index (χ1) is 10.4.